The van der Waals surface area contributed by atoms with Crippen molar-refractivity contribution in [3.8, 4) is 11.3 Å². The van der Waals surface area contributed by atoms with Gasteiger partial charge in [-0.15, -0.1) is 5.10 Å². The highest BCUT2D eigenvalue weighted by Crippen LogP contribution is 2.27. The molecule has 2 amide bonds. The number of hydrogen-bond acceptors (Lipinski definition) is 5. The average Bonchev–Trinajstić information content (AvgIpc) is 2.62. The van der Waals surface area contributed by atoms with Gasteiger partial charge in [-0.3, -0.25) is 5.32 Å². The van der Waals surface area contributed by atoms with Gasteiger partial charge in [0.1, 0.15) is 0 Å². The summed E-state index contributed by atoms with van der Waals surface area (Å²) < 4.78 is 0. The molecule has 0 unspecified atom stereocenters. The Morgan fingerprint density at radius 2 is 1.92 bits per heavy atom. The second kappa shape index (κ2) is 7.35. The molecule has 1 aromatic heterocycles. The average molecular weight is 327 g/mol. The van der Waals surface area contributed by atoms with E-state index in [9.17, 15) is 9.90 Å². The van der Waals surface area contributed by atoms with Crippen LogP contribution in [0.5, 0.6) is 0 Å². The van der Waals surface area contributed by atoms with E-state index in [-0.39, 0.29) is 12.5 Å². The van der Waals surface area contributed by atoms with Crippen molar-refractivity contribution in [1.29, 1.82) is 0 Å². The summed E-state index contributed by atoms with van der Waals surface area (Å²) in [7, 11) is 0. The third-order valence-corrected chi connectivity index (χ3v) is 4.22. The van der Waals surface area contributed by atoms with Crippen molar-refractivity contribution in [2.75, 3.05) is 11.9 Å². The molecule has 0 bridgehead atoms. The van der Waals surface area contributed by atoms with E-state index in [1.807, 2.05) is 30.3 Å². The zero-order valence-corrected chi connectivity index (χ0v) is 13.4. The molecule has 0 aliphatic heterocycles. The van der Waals surface area contributed by atoms with Crippen molar-refractivity contribution in [3.05, 3.63) is 36.5 Å². The summed E-state index contributed by atoms with van der Waals surface area (Å²) in [6.45, 7) is 0.227. The predicted molar refractivity (Wildman–Crippen MR) is 90.3 cm³/mol. The van der Waals surface area contributed by atoms with Crippen LogP contribution < -0.4 is 10.6 Å². The number of benzene rings is 1. The fourth-order valence-electron chi connectivity index (χ4n) is 2.88. The minimum absolute atomic E-state index is 0.129. The van der Waals surface area contributed by atoms with E-state index in [1.165, 1.54) is 0 Å². The van der Waals surface area contributed by atoms with Crippen LogP contribution in [-0.2, 0) is 0 Å². The Morgan fingerprint density at radius 3 is 2.67 bits per heavy atom. The van der Waals surface area contributed by atoms with Crippen molar-refractivity contribution >= 4 is 12.0 Å². The Hall–Kier alpha value is -2.54. The summed E-state index contributed by atoms with van der Waals surface area (Å²) in [4.78, 5) is 16.3. The van der Waals surface area contributed by atoms with Gasteiger partial charge in [-0.1, -0.05) is 49.6 Å². The molecule has 0 spiro atoms. The molecule has 7 heteroatoms. The van der Waals surface area contributed by atoms with Crippen molar-refractivity contribution in [2.24, 2.45) is 0 Å². The highest BCUT2D eigenvalue weighted by Gasteiger charge is 2.29. The zero-order chi connectivity index (χ0) is 16.8. The number of rotatable bonds is 4. The molecule has 0 saturated heterocycles. The summed E-state index contributed by atoms with van der Waals surface area (Å²) >= 11 is 0. The van der Waals surface area contributed by atoms with E-state index in [2.05, 4.69) is 25.8 Å². The number of anilines is 1. The Kier molecular flexibility index (Phi) is 5.00. The molecule has 3 rings (SSSR count). The number of carbonyl (C=O) groups excluding carboxylic acids is 1. The first-order valence-electron chi connectivity index (χ1n) is 8.17. The SMILES string of the molecule is O=C(NCC1(O)CCCCC1)Nc1nncc(-c2ccccc2)n1. The van der Waals surface area contributed by atoms with Gasteiger partial charge in [0.15, 0.2) is 0 Å². The van der Waals surface area contributed by atoms with Crippen LogP contribution in [0.25, 0.3) is 11.3 Å². The van der Waals surface area contributed by atoms with E-state index in [4.69, 9.17) is 0 Å². The first-order chi connectivity index (χ1) is 11.6. The van der Waals surface area contributed by atoms with Gasteiger partial charge in [0.2, 0.25) is 0 Å². The number of hydrogen-bond donors (Lipinski definition) is 3. The lowest BCUT2D eigenvalue weighted by atomic mass is 9.85. The molecule has 126 valence electrons. The fourth-order valence-corrected chi connectivity index (χ4v) is 2.88. The molecule has 1 fully saturated rings. The number of carbonyl (C=O) groups is 1. The Balaban J connectivity index is 1.58. The minimum Gasteiger partial charge on any atom is -0.388 e. The quantitative estimate of drug-likeness (QED) is 0.800. The minimum atomic E-state index is -0.805. The third kappa shape index (κ3) is 4.26. The Bertz CT molecular complexity index is 686. The number of urea groups is 1. The fraction of sp³-hybridized carbons (Fsp3) is 0.412. The first-order valence-corrected chi connectivity index (χ1v) is 8.17. The van der Waals surface area contributed by atoms with Crippen LogP contribution >= 0.6 is 0 Å². The van der Waals surface area contributed by atoms with Gasteiger partial charge in [-0.2, -0.15) is 5.10 Å². The first kappa shape index (κ1) is 16.3. The zero-order valence-electron chi connectivity index (χ0n) is 13.4. The van der Waals surface area contributed by atoms with E-state index in [1.54, 1.807) is 6.20 Å². The molecule has 1 heterocycles. The predicted octanol–water partition coefficient (Wildman–Crippen LogP) is 2.36. The molecular weight excluding hydrogens is 306 g/mol. The second-order valence-electron chi connectivity index (χ2n) is 6.12. The van der Waals surface area contributed by atoms with Crippen molar-refractivity contribution in [1.82, 2.24) is 20.5 Å². The number of amides is 2. The molecule has 24 heavy (non-hydrogen) atoms. The molecule has 7 nitrogen and oxygen atoms in total. The molecule has 1 aliphatic rings. The maximum absolute atomic E-state index is 12.0. The van der Waals surface area contributed by atoms with Crippen LogP contribution in [-0.4, -0.2) is 38.5 Å². The highest BCUT2D eigenvalue weighted by molar-refractivity contribution is 5.87. The number of aliphatic hydroxyl groups is 1. The van der Waals surface area contributed by atoms with Crippen LogP contribution in [0.3, 0.4) is 0 Å². The smallest absolute Gasteiger partial charge is 0.321 e. The van der Waals surface area contributed by atoms with Crippen molar-refractivity contribution in [2.45, 2.75) is 37.7 Å². The van der Waals surface area contributed by atoms with Gasteiger partial charge in [0.05, 0.1) is 17.5 Å². The lowest BCUT2D eigenvalue weighted by Gasteiger charge is -2.31. The molecule has 1 saturated carbocycles. The highest BCUT2D eigenvalue weighted by atomic mass is 16.3. The largest absolute Gasteiger partial charge is 0.388 e. The Labute approximate surface area is 140 Å². The maximum atomic E-state index is 12.0. The summed E-state index contributed by atoms with van der Waals surface area (Å²) in [5, 5.41) is 23.3. The van der Waals surface area contributed by atoms with Gasteiger partial charge in [0.25, 0.3) is 5.95 Å². The van der Waals surface area contributed by atoms with Crippen LogP contribution in [0.2, 0.25) is 0 Å². The van der Waals surface area contributed by atoms with Crippen molar-refractivity contribution < 1.29 is 9.90 Å². The van der Waals surface area contributed by atoms with Crippen molar-refractivity contribution in [3.63, 3.8) is 0 Å². The van der Waals surface area contributed by atoms with Crippen LogP contribution in [0.15, 0.2) is 36.5 Å². The molecule has 1 aliphatic carbocycles. The second-order valence-corrected chi connectivity index (χ2v) is 6.12. The molecule has 2 aromatic rings. The summed E-state index contributed by atoms with van der Waals surface area (Å²) in [5.41, 5.74) is 0.722. The van der Waals surface area contributed by atoms with Gasteiger partial charge in [-0.25, -0.2) is 9.78 Å². The lowest BCUT2D eigenvalue weighted by molar-refractivity contribution is 0.00754. The summed E-state index contributed by atoms with van der Waals surface area (Å²) in [6, 6.07) is 9.10. The number of nitrogens with zero attached hydrogens (tertiary/aromatic N) is 3. The van der Waals surface area contributed by atoms with Gasteiger partial charge in [-0.05, 0) is 12.8 Å². The monoisotopic (exact) mass is 327 g/mol. The standard InChI is InChI=1S/C17H21N5O2/c23-16(18-12-17(24)9-5-2-6-10-17)21-15-20-14(11-19-22-15)13-7-3-1-4-8-13/h1,3-4,7-8,11,24H,2,5-6,9-10,12H2,(H2,18,20,21,22,23). The summed E-state index contributed by atoms with van der Waals surface area (Å²) in [5.74, 6) is 0.129. The van der Waals surface area contributed by atoms with Gasteiger partial charge < -0.3 is 10.4 Å². The topological polar surface area (TPSA) is 100 Å². The molecule has 1 aromatic carbocycles. The lowest BCUT2D eigenvalue weighted by Crippen LogP contribution is -2.45. The number of nitrogens with one attached hydrogen (secondary N) is 2. The van der Waals surface area contributed by atoms with Crippen LogP contribution in [0, 0.1) is 0 Å². The molecular formula is C17H21N5O2. The normalized spacial score (nSPS) is 16.4. The number of aromatic nitrogens is 3. The third-order valence-electron chi connectivity index (χ3n) is 4.22. The van der Waals surface area contributed by atoms with E-state index >= 15 is 0 Å². The van der Waals surface area contributed by atoms with E-state index < -0.39 is 11.6 Å². The molecule has 0 atom stereocenters. The molecule has 3 N–H and O–H groups in total. The van der Waals surface area contributed by atoms with E-state index in [0.29, 0.717) is 5.69 Å². The Morgan fingerprint density at radius 1 is 1.17 bits per heavy atom. The maximum Gasteiger partial charge on any atom is 0.321 e. The molecule has 0 radical (unpaired) electrons. The van der Waals surface area contributed by atoms with E-state index in [0.717, 1.165) is 37.7 Å². The van der Waals surface area contributed by atoms with Crippen LogP contribution in [0.4, 0.5) is 10.7 Å². The van der Waals surface area contributed by atoms with Gasteiger partial charge >= 0.3 is 6.03 Å². The summed E-state index contributed by atoms with van der Waals surface area (Å²) in [6.07, 6.45) is 6.10. The van der Waals surface area contributed by atoms with Crippen LogP contribution in [0.1, 0.15) is 32.1 Å². The van der Waals surface area contributed by atoms with Gasteiger partial charge in [0, 0.05) is 12.1 Å².